The number of Topliss-reactive ketones (excluding diaryl/α,β-unsaturated/α-hetero) is 1. The van der Waals surface area contributed by atoms with E-state index < -0.39 is 0 Å². The molecule has 0 saturated heterocycles. The van der Waals surface area contributed by atoms with Gasteiger partial charge in [0.1, 0.15) is 5.78 Å². The van der Waals surface area contributed by atoms with E-state index in [1.54, 1.807) is 5.57 Å². The number of hydrogen-bond acceptors (Lipinski definition) is 2. The molecule has 0 amide bonds. The molecule has 0 aromatic heterocycles. The van der Waals surface area contributed by atoms with Crippen molar-refractivity contribution in [2.45, 2.75) is 97.7 Å². The van der Waals surface area contributed by atoms with Crippen LogP contribution in [0.4, 0.5) is 0 Å². The number of carbonyl (C=O) groups is 1. The number of hydrogen-bond donors (Lipinski definition) is 0. The first-order chi connectivity index (χ1) is 11.6. The van der Waals surface area contributed by atoms with Crippen LogP contribution >= 0.6 is 0 Å². The van der Waals surface area contributed by atoms with Gasteiger partial charge in [-0.1, -0.05) is 25.5 Å². The fourth-order valence-electron chi connectivity index (χ4n) is 7.00. The highest BCUT2D eigenvalue weighted by Crippen LogP contribution is 2.64. The summed E-state index contributed by atoms with van der Waals surface area (Å²) in [4.78, 5) is 12.5. The van der Waals surface area contributed by atoms with Gasteiger partial charge in [0.25, 0.3) is 0 Å². The van der Waals surface area contributed by atoms with E-state index in [9.17, 15) is 4.79 Å². The van der Waals surface area contributed by atoms with Crippen LogP contribution < -0.4 is 0 Å². The lowest BCUT2D eigenvalue weighted by atomic mass is 9.48. The van der Waals surface area contributed by atoms with E-state index in [0.717, 1.165) is 37.5 Å². The van der Waals surface area contributed by atoms with Gasteiger partial charge in [-0.2, -0.15) is 0 Å². The van der Waals surface area contributed by atoms with Gasteiger partial charge in [-0.15, -0.1) is 0 Å². The zero-order chi connectivity index (χ0) is 18.0. The number of rotatable bonds is 1. The standard InChI is InChI=1S/C23H36O2/c1-21(2,3)25-16-10-12-22(4)15(14-16)6-7-17-18-8-9-20(24)23(18,5)13-11-19(17)22/h6,16-19H,7-14H2,1-5H3. The molecular weight excluding hydrogens is 308 g/mol. The Kier molecular flexibility index (Phi) is 4.04. The average Bonchev–Trinajstić information content (AvgIpc) is 2.82. The van der Waals surface area contributed by atoms with Crippen molar-refractivity contribution in [1.29, 1.82) is 0 Å². The molecule has 2 nitrogen and oxygen atoms in total. The highest BCUT2D eigenvalue weighted by molar-refractivity contribution is 5.87. The van der Waals surface area contributed by atoms with Crippen LogP contribution in [0.3, 0.4) is 0 Å². The van der Waals surface area contributed by atoms with Gasteiger partial charge in [0.15, 0.2) is 0 Å². The van der Waals surface area contributed by atoms with Gasteiger partial charge in [-0.05, 0) is 88.9 Å². The van der Waals surface area contributed by atoms with Gasteiger partial charge < -0.3 is 4.74 Å². The summed E-state index contributed by atoms with van der Waals surface area (Å²) in [5.74, 6) is 2.71. The minimum atomic E-state index is -0.0486. The van der Waals surface area contributed by atoms with Crippen LogP contribution in [0, 0.1) is 28.6 Å². The Balaban J connectivity index is 1.57. The third kappa shape index (κ3) is 2.74. The minimum absolute atomic E-state index is 0.00455. The molecule has 2 heteroatoms. The Morgan fingerprint density at radius 1 is 1.04 bits per heavy atom. The lowest BCUT2D eigenvalue weighted by Gasteiger charge is -2.57. The topological polar surface area (TPSA) is 26.3 Å². The molecule has 4 rings (SSSR count). The molecular formula is C23H36O2. The first kappa shape index (κ1) is 17.8. The summed E-state index contributed by atoms with van der Waals surface area (Å²) in [5.41, 5.74) is 1.97. The van der Waals surface area contributed by atoms with E-state index in [0.29, 0.717) is 23.2 Å². The van der Waals surface area contributed by atoms with Crippen molar-refractivity contribution in [2.75, 3.05) is 0 Å². The second kappa shape index (κ2) is 5.68. The van der Waals surface area contributed by atoms with Gasteiger partial charge in [0.05, 0.1) is 11.7 Å². The molecule has 0 radical (unpaired) electrons. The lowest BCUT2D eigenvalue weighted by molar-refractivity contribution is -0.132. The van der Waals surface area contributed by atoms with Crippen LogP contribution in [0.25, 0.3) is 0 Å². The molecule has 4 aliphatic rings. The normalized spacial score (nSPS) is 46.9. The maximum Gasteiger partial charge on any atom is 0.139 e. The number of fused-ring (bicyclic) bond motifs is 5. The van der Waals surface area contributed by atoms with E-state index in [1.807, 2.05) is 0 Å². The Morgan fingerprint density at radius 2 is 1.72 bits per heavy atom. The second-order valence-corrected chi connectivity index (χ2v) is 10.8. The van der Waals surface area contributed by atoms with Crippen LogP contribution in [0.15, 0.2) is 11.6 Å². The van der Waals surface area contributed by atoms with Crippen molar-refractivity contribution in [3.8, 4) is 0 Å². The van der Waals surface area contributed by atoms with Gasteiger partial charge in [-0.3, -0.25) is 4.79 Å². The van der Waals surface area contributed by atoms with Crippen LogP contribution in [-0.2, 0) is 9.53 Å². The molecule has 25 heavy (non-hydrogen) atoms. The fourth-order valence-corrected chi connectivity index (χ4v) is 7.00. The zero-order valence-electron chi connectivity index (χ0n) is 16.9. The molecule has 0 aliphatic heterocycles. The van der Waals surface area contributed by atoms with Crippen molar-refractivity contribution >= 4 is 5.78 Å². The minimum Gasteiger partial charge on any atom is -0.372 e. The smallest absolute Gasteiger partial charge is 0.139 e. The van der Waals surface area contributed by atoms with E-state index in [1.165, 1.54) is 25.7 Å². The van der Waals surface area contributed by atoms with Crippen LogP contribution in [0.2, 0.25) is 0 Å². The number of ether oxygens (including phenoxy) is 1. The zero-order valence-corrected chi connectivity index (χ0v) is 16.9. The molecule has 0 heterocycles. The molecule has 4 aliphatic carbocycles. The lowest BCUT2D eigenvalue weighted by Crippen LogP contribution is -2.50. The predicted molar refractivity (Wildman–Crippen MR) is 101 cm³/mol. The van der Waals surface area contributed by atoms with E-state index in [4.69, 9.17) is 4.74 Å². The quantitative estimate of drug-likeness (QED) is 0.570. The predicted octanol–water partition coefficient (Wildman–Crippen LogP) is 5.70. The molecule has 0 N–H and O–H groups in total. The second-order valence-electron chi connectivity index (χ2n) is 10.8. The number of ketones is 1. The van der Waals surface area contributed by atoms with Gasteiger partial charge in [0, 0.05) is 11.8 Å². The third-order valence-corrected chi connectivity index (χ3v) is 8.29. The van der Waals surface area contributed by atoms with Gasteiger partial charge in [-0.25, -0.2) is 0 Å². The Bertz CT molecular complexity index is 598. The highest BCUT2D eigenvalue weighted by Gasteiger charge is 2.58. The van der Waals surface area contributed by atoms with Crippen molar-refractivity contribution in [1.82, 2.24) is 0 Å². The summed E-state index contributed by atoms with van der Waals surface area (Å²) >= 11 is 0. The summed E-state index contributed by atoms with van der Waals surface area (Å²) in [6.45, 7) is 11.3. The molecule has 0 aromatic carbocycles. The monoisotopic (exact) mass is 344 g/mol. The Hall–Kier alpha value is -0.630. The number of carbonyl (C=O) groups excluding carboxylic acids is 1. The first-order valence-corrected chi connectivity index (χ1v) is 10.5. The number of allylic oxidation sites excluding steroid dienone is 1. The highest BCUT2D eigenvalue weighted by atomic mass is 16.5. The van der Waals surface area contributed by atoms with Crippen LogP contribution in [-0.4, -0.2) is 17.5 Å². The fraction of sp³-hybridized carbons (Fsp3) is 0.870. The first-order valence-electron chi connectivity index (χ1n) is 10.5. The summed E-state index contributed by atoms with van der Waals surface area (Å²) in [6, 6.07) is 0. The van der Waals surface area contributed by atoms with E-state index in [2.05, 4.69) is 40.7 Å². The van der Waals surface area contributed by atoms with Crippen LogP contribution in [0.1, 0.15) is 86.0 Å². The molecule has 3 saturated carbocycles. The third-order valence-electron chi connectivity index (χ3n) is 8.29. The van der Waals surface area contributed by atoms with Crippen molar-refractivity contribution in [3.63, 3.8) is 0 Å². The Labute approximate surface area is 153 Å². The molecule has 0 aromatic rings. The summed E-state index contributed by atoms with van der Waals surface area (Å²) < 4.78 is 6.32. The molecule has 6 atom stereocenters. The average molecular weight is 345 g/mol. The SMILES string of the molecule is CC(C)(C)OC1CCC2(C)C(=CCC3C4CCC(=O)C4(C)CCC32)C1. The molecule has 3 fully saturated rings. The molecule has 6 unspecified atom stereocenters. The maximum absolute atomic E-state index is 12.5. The van der Waals surface area contributed by atoms with Crippen LogP contribution in [0.5, 0.6) is 0 Å². The maximum atomic E-state index is 12.5. The largest absolute Gasteiger partial charge is 0.372 e. The van der Waals surface area contributed by atoms with Gasteiger partial charge in [0.2, 0.25) is 0 Å². The summed E-state index contributed by atoms with van der Waals surface area (Å²) in [5, 5.41) is 0. The van der Waals surface area contributed by atoms with E-state index in [-0.39, 0.29) is 11.0 Å². The van der Waals surface area contributed by atoms with Gasteiger partial charge >= 0.3 is 0 Å². The summed E-state index contributed by atoms with van der Waals surface area (Å²) in [7, 11) is 0. The summed E-state index contributed by atoms with van der Waals surface area (Å²) in [6.07, 6.45) is 12.1. The molecule has 0 spiro atoms. The Morgan fingerprint density at radius 3 is 2.44 bits per heavy atom. The molecule has 140 valence electrons. The van der Waals surface area contributed by atoms with Crippen molar-refractivity contribution in [2.24, 2.45) is 28.6 Å². The van der Waals surface area contributed by atoms with Crippen molar-refractivity contribution in [3.05, 3.63) is 11.6 Å². The van der Waals surface area contributed by atoms with Crippen molar-refractivity contribution < 1.29 is 9.53 Å². The molecule has 0 bridgehead atoms. The van der Waals surface area contributed by atoms with E-state index >= 15 is 0 Å².